The van der Waals surface area contributed by atoms with Gasteiger partial charge < -0.3 is 4.57 Å². The number of pyridine rings is 1. The smallest absolute Gasteiger partial charge is 0.205 e. The van der Waals surface area contributed by atoms with Crippen molar-refractivity contribution >= 4 is 49.0 Å². The van der Waals surface area contributed by atoms with Crippen molar-refractivity contribution in [1.29, 1.82) is 0 Å². The third kappa shape index (κ3) is 3.62. The molecule has 3 nitrogen and oxygen atoms in total. The lowest BCUT2D eigenvalue weighted by Gasteiger charge is -2.13. The molecule has 0 bridgehead atoms. The summed E-state index contributed by atoms with van der Waals surface area (Å²) in [6.45, 7) is 7.42. The second kappa shape index (κ2) is 9.19. The van der Waals surface area contributed by atoms with Crippen LogP contribution in [0.2, 0.25) is 0 Å². The quantitative estimate of drug-likeness (QED) is 0.212. The second-order valence-corrected chi connectivity index (χ2v) is 10.3. The van der Waals surface area contributed by atoms with Gasteiger partial charge in [-0.05, 0) is 80.2 Å². The Morgan fingerprint density at radius 1 is 0.537 bits per heavy atom. The second-order valence-electron chi connectivity index (χ2n) is 10.3. The van der Waals surface area contributed by atoms with Gasteiger partial charge in [0.1, 0.15) is 0 Å². The number of rotatable bonds is 3. The van der Waals surface area contributed by atoms with Crippen LogP contribution in [0.1, 0.15) is 0 Å². The Morgan fingerprint density at radius 2 is 1.27 bits per heavy atom. The molecule has 0 aliphatic carbocycles. The largest absolute Gasteiger partial charge is 0.309 e. The van der Waals surface area contributed by atoms with E-state index in [1.165, 1.54) is 48.9 Å². The van der Waals surface area contributed by atoms with Crippen LogP contribution >= 0.6 is 0 Å². The molecule has 0 saturated heterocycles. The Morgan fingerprint density at radius 3 is 2.12 bits per heavy atom. The van der Waals surface area contributed by atoms with E-state index < -0.39 is 0 Å². The average molecular weight is 522 g/mol. The van der Waals surface area contributed by atoms with Gasteiger partial charge >= 0.3 is 0 Å². The molecule has 0 radical (unpaired) electrons. The van der Waals surface area contributed by atoms with Gasteiger partial charge in [-0.3, -0.25) is 4.98 Å². The molecule has 0 fully saturated rings. The summed E-state index contributed by atoms with van der Waals surface area (Å²) in [5.74, 6) is 0. The van der Waals surface area contributed by atoms with Crippen molar-refractivity contribution in [1.82, 2.24) is 9.55 Å². The standard InChI is InChI=1S/C38H23N3/c1-39-29-21-28(23-40-24-29)26-11-9-12-27(20-26)34-22-36-38(33-17-8-7-16-32(33)34)37-31-15-6-5-10-25(31)18-19-35(37)41(36)30-13-3-2-4-14-30/h2-24H. The monoisotopic (exact) mass is 521 g/mol. The van der Waals surface area contributed by atoms with E-state index in [1.807, 2.05) is 12.3 Å². The van der Waals surface area contributed by atoms with Crippen LogP contribution in [-0.2, 0) is 0 Å². The molecule has 8 aromatic rings. The number of hydrogen-bond donors (Lipinski definition) is 0. The first-order chi connectivity index (χ1) is 20.3. The molecule has 190 valence electrons. The number of benzene rings is 6. The molecule has 0 aliphatic rings. The van der Waals surface area contributed by atoms with Gasteiger partial charge in [-0.2, -0.15) is 0 Å². The van der Waals surface area contributed by atoms with Crippen LogP contribution in [-0.4, -0.2) is 9.55 Å². The SMILES string of the molecule is [C-]#[N+]c1cncc(-c2cccc(-c3cc4c(c5ccccc35)c3c5ccccc5ccc3n4-c3ccccc3)c2)c1. The van der Waals surface area contributed by atoms with Gasteiger partial charge in [0.2, 0.25) is 5.69 Å². The predicted octanol–water partition coefficient (Wildman–Crippen LogP) is 10.4. The maximum atomic E-state index is 7.42. The molecule has 41 heavy (non-hydrogen) atoms. The molecule has 2 aromatic heterocycles. The predicted molar refractivity (Wildman–Crippen MR) is 171 cm³/mol. The lowest BCUT2D eigenvalue weighted by atomic mass is 9.92. The van der Waals surface area contributed by atoms with Crippen LogP contribution in [0.4, 0.5) is 5.69 Å². The summed E-state index contributed by atoms with van der Waals surface area (Å²) in [6.07, 6.45) is 3.43. The van der Waals surface area contributed by atoms with Crippen molar-refractivity contribution in [2.75, 3.05) is 0 Å². The molecule has 0 atom stereocenters. The minimum Gasteiger partial charge on any atom is -0.309 e. The third-order valence-corrected chi connectivity index (χ3v) is 8.04. The van der Waals surface area contributed by atoms with Gasteiger partial charge in [0, 0.05) is 28.9 Å². The van der Waals surface area contributed by atoms with E-state index in [0.29, 0.717) is 5.69 Å². The van der Waals surface area contributed by atoms with Crippen LogP contribution in [0.25, 0.3) is 76.1 Å². The molecule has 2 heterocycles. The van der Waals surface area contributed by atoms with Crippen LogP contribution in [0, 0.1) is 6.57 Å². The lowest BCUT2D eigenvalue weighted by Crippen LogP contribution is -1.94. The summed E-state index contributed by atoms with van der Waals surface area (Å²) in [5, 5.41) is 7.49. The number of hydrogen-bond acceptors (Lipinski definition) is 1. The summed E-state index contributed by atoms with van der Waals surface area (Å²) in [5.41, 5.74) is 8.34. The molecule has 8 rings (SSSR count). The van der Waals surface area contributed by atoms with Crippen molar-refractivity contribution in [2.24, 2.45) is 0 Å². The van der Waals surface area contributed by atoms with Gasteiger partial charge in [-0.25, -0.2) is 4.85 Å². The van der Waals surface area contributed by atoms with E-state index in [2.05, 4.69) is 136 Å². The molecule has 0 spiro atoms. The molecule has 0 aliphatic heterocycles. The van der Waals surface area contributed by atoms with E-state index in [9.17, 15) is 0 Å². The number of para-hydroxylation sites is 1. The van der Waals surface area contributed by atoms with Crippen molar-refractivity contribution in [3.8, 4) is 27.9 Å². The Hall–Kier alpha value is -5.72. The topological polar surface area (TPSA) is 22.2 Å². The summed E-state index contributed by atoms with van der Waals surface area (Å²) >= 11 is 0. The highest BCUT2D eigenvalue weighted by atomic mass is 15.0. The Balaban J connectivity index is 1.51. The van der Waals surface area contributed by atoms with E-state index >= 15 is 0 Å². The minimum absolute atomic E-state index is 0.541. The van der Waals surface area contributed by atoms with Gasteiger partial charge in [0.05, 0.1) is 17.6 Å². The molecule has 0 N–H and O–H groups in total. The van der Waals surface area contributed by atoms with Crippen LogP contribution in [0.15, 0.2) is 140 Å². The fourth-order valence-electron chi connectivity index (χ4n) is 6.25. The van der Waals surface area contributed by atoms with Crippen molar-refractivity contribution in [2.45, 2.75) is 0 Å². The van der Waals surface area contributed by atoms with Crippen molar-refractivity contribution in [3.63, 3.8) is 0 Å². The molecular weight excluding hydrogens is 498 g/mol. The van der Waals surface area contributed by atoms with E-state index in [1.54, 1.807) is 6.20 Å². The average Bonchev–Trinajstić information content (AvgIpc) is 3.40. The first-order valence-corrected chi connectivity index (χ1v) is 13.7. The zero-order valence-corrected chi connectivity index (χ0v) is 22.1. The number of nitrogens with zero attached hydrogens (tertiary/aromatic N) is 3. The summed E-state index contributed by atoms with van der Waals surface area (Å²) in [7, 11) is 0. The molecule has 6 aromatic carbocycles. The maximum Gasteiger partial charge on any atom is 0.205 e. The molecule has 0 unspecified atom stereocenters. The van der Waals surface area contributed by atoms with E-state index in [0.717, 1.165) is 22.4 Å². The Bertz CT molecular complexity index is 2320. The van der Waals surface area contributed by atoms with Crippen molar-refractivity contribution < 1.29 is 0 Å². The fraction of sp³-hybridized carbons (Fsp3) is 0. The maximum absolute atomic E-state index is 7.42. The molecular formula is C38H23N3. The Kier molecular flexibility index (Phi) is 5.20. The van der Waals surface area contributed by atoms with Gasteiger partial charge in [0.15, 0.2) is 0 Å². The first kappa shape index (κ1) is 23.2. The van der Waals surface area contributed by atoms with Gasteiger partial charge in [-0.1, -0.05) is 91.0 Å². The normalized spacial score (nSPS) is 11.4. The first-order valence-electron chi connectivity index (χ1n) is 13.7. The lowest BCUT2D eigenvalue weighted by molar-refractivity contribution is 1.18. The highest BCUT2D eigenvalue weighted by Crippen LogP contribution is 2.44. The zero-order chi connectivity index (χ0) is 27.3. The number of fused-ring (bicyclic) bond motifs is 7. The van der Waals surface area contributed by atoms with Crippen molar-refractivity contribution in [3.05, 3.63) is 151 Å². The van der Waals surface area contributed by atoms with E-state index in [-0.39, 0.29) is 0 Å². The fourth-order valence-corrected chi connectivity index (χ4v) is 6.25. The van der Waals surface area contributed by atoms with E-state index in [4.69, 9.17) is 6.57 Å². The third-order valence-electron chi connectivity index (χ3n) is 8.04. The van der Waals surface area contributed by atoms with Crippen LogP contribution in [0.3, 0.4) is 0 Å². The van der Waals surface area contributed by atoms with Gasteiger partial charge in [0.25, 0.3) is 0 Å². The zero-order valence-electron chi connectivity index (χ0n) is 22.1. The van der Waals surface area contributed by atoms with Crippen LogP contribution in [0.5, 0.6) is 0 Å². The highest BCUT2D eigenvalue weighted by Gasteiger charge is 2.19. The minimum atomic E-state index is 0.541. The molecule has 3 heteroatoms. The van der Waals surface area contributed by atoms with Gasteiger partial charge in [-0.15, -0.1) is 0 Å². The molecule has 0 amide bonds. The highest BCUT2D eigenvalue weighted by molar-refractivity contribution is 6.30. The summed E-state index contributed by atoms with van der Waals surface area (Å²) < 4.78 is 2.40. The summed E-state index contributed by atoms with van der Waals surface area (Å²) in [4.78, 5) is 7.88. The Labute approximate surface area is 237 Å². The summed E-state index contributed by atoms with van der Waals surface area (Å²) in [6, 6.07) is 45.4. The van der Waals surface area contributed by atoms with Crippen LogP contribution < -0.4 is 0 Å². The molecule has 0 saturated carbocycles. The number of aromatic nitrogens is 2.